The number of alkyl halides is 3. The van der Waals surface area contributed by atoms with Gasteiger partial charge in [-0.2, -0.15) is 13.2 Å². The summed E-state index contributed by atoms with van der Waals surface area (Å²) < 4.78 is 38.4. The second-order valence-corrected chi connectivity index (χ2v) is 2.90. The third-order valence-corrected chi connectivity index (χ3v) is 1.97. The van der Waals surface area contributed by atoms with Gasteiger partial charge < -0.3 is 0 Å². The molecule has 0 amide bonds. The van der Waals surface area contributed by atoms with Gasteiger partial charge in [0.25, 0.3) is 0 Å². The van der Waals surface area contributed by atoms with E-state index in [1.54, 1.807) is 0 Å². The van der Waals surface area contributed by atoms with E-state index < -0.39 is 11.9 Å². The van der Waals surface area contributed by atoms with Gasteiger partial charge in [0.05, 0.1) is 6.20 Å². The second kappa shape index (κ2) is 3.08. The number of imidazole rings is 1. The quantitative estimate of drug-likeness (QED) is 0.682. The summed E-state index contributed by atoms with van der Waals surface area (Å²) in [6, 6.07) is 3.56. The Morgan fingerprint density at radius 1 is 1.33 bits per heavy atom. The van der Waals surface area contributed by atoms with Gasteiger partial charge in [0, 0.05) is 0 Å². The van der Waals surface area contributed by atoms with Crippen molar-refractivity contribution in [3.8, 4) is 0 Å². The highest BCUT2D eigenvalue weighted by molar-refractivity contribution is 5.74. The SMILES string of the molecule is O=Cc1cnc2cccc(C(F)(F)F)n12. The highest BCUT2D eigenvalue weighted by Crippen LogP contribution is 2.29. The molecule has 2 rings (SSSR count). The fraction of sp³-hybridized carbons (Fsp3) is 0.111. The van der Waals surface area contributed by atoms with E-state index in [1.165, 1.54) is 12.1 Å². The van der Waals surface area contributed by atoms with Gasteiger partial charge >= 0.3 is 6.18 Å². The molecule has 2 aromatic heterocycles. The van der Waals surface area contributed by atoms with E-state index in [9.17, 15) is 18.0 Å². The molecule has 0 bridgehead atoms. The summed E-state index contributed by atoms with van der Waals surface area (Å²) in [4.78, 5) is 14.2. The van der Waals surface area contributed by atoms with Crippen LogP contribution in [0.4, 0.5) is 13.2 Å². The van der Waals surface area contributed by atoms with Crippen LogP contribution in [-0.4, -0.2) is 15.7 Å². The second-order valence-electron chi connectivity index (χ2n) is 2.90. The summed E-state index contributed by atoms with van der Waals surface area (Å²) in [5.41, 5.74) is -0.913. The number of rotatable bonds is 1. The standard InChI is InChI=1S/C9H5F3N2O/c10-9(11,12)7-2-1-3-8-13-4-6(5-15)14(7)8/h1-5H. The Morgan fingerprint density at radius 3 is 2.67 bits per heavy atom. The molecule has 0 spiro atoms. The molecule has 0 aliphatic heterocycles. The number of aromatic nitrogens is 2. The summed E-state index contributed by atoms with van der Waals surface area (Å²) >= 11 is 0. The number of halogens is 3. The summed E-state index contributed by atoms with van der Waals surface area (Å²) in [5.74, 6) is 0. The average molecular weight is 214 g/mol. The Hall–Kier alpha value is -1.85. The number of hydrogen-bond donors (Lipinski definition) is 0. The van der Waals surface area contributed by atoms with E-state index >= 15 is 0 Å². The molecule has 2 heterocycles. The van der Waals surface area contributed by atoms with E-state index in [1.807, 2.05) is 0 Å². The van der Waals surface area contributed by atoms with Gasteiger partial charge in [-0.25, -0.2) is 4.98 Å². The zero-order valence-electron chi connectivity index (χ0n) is 7.32. The Morgan fingerprint density at radius 2 is 2.07 bits per heavy atom. The summed E-state index contributed by atoms with van der Waals surface area (Å²) in [6.45, 7) is 0. The molecule has 6 heteroatoms. The molecule has 78 valence electrons. The minimum Gasteiger partial charge on any atom is -0.296 e. The monoisotopic (exact) mass is 214 g/mol. The fourth-order valence-electron chi connectivity index (χ4n) is 1.36. The maximum absolute atomic E-state index is 12.5. The van der Waals surface area contributed by atoms with Crippen molar-refractivity contribution in [1.29, 1.82) is 0 Å². The number of carbonyl (C=O) groups is 1. The van der Waals surface area contributed by atoms with Crippen molar-refractivity contribution < 1.29 is 18.0 Å². The van der Waals surface area contributed by atoms with Gasteiger partial charge in [-0.1, -0.05) is 6.07 Å². The van der Waals surface area contributed by atoms with Gasteiger partial charge in [-0.15, -0.1) is 0 Å². The molecule has 0 unspecified atom stereocenters. The lowest BCUT2D eigenvalue weighted by atomic mass is 10.3. The van der Waals surface area contributed by atoms with Crippen molar-refractivity contribution in [1.82, 2.24) is 9.38 Å². The van der Waals surface area contributed by atoms with Gasteiger partial charge in [0.1, 0.15) is 17.0 Å². The summed E-state index contributed by atoms with van der Waals surface area (Å²) in [5, 5.41) is 0. The lowest BCUT2D eigenvalue weighted by molar-refractivity contribution is -0.142. The topological polar surface area (TPSA) is 34.4 Å². The third-order valence-electron chi connectivity index (χ3n) is 1.97. The van der Waals surface area contributed by atoms with Crippen molar-refractivity contribution in [2.75, 3.05) is 0 Å². The minimum atomic E-state index is -4.50. The maximum Gasteiger partial charge on any atom is 0.431 e. The normalized spacial score (nSPS) is 11.9. The first-order valence-electron chi connectivity index (χ1n) is 4.03. The minimum absolute atomic E-state index is 0.104. The molecule has 0 fully saturated rings. The summed E-state index contributed by atoms with van der Waals surface area (Å²) in [6.07, 6.45) is -3.05. The molecule has 0 radical (unpaired) electrons. The van der Waals surface area contributed by atoms with Crippen LogP contribution >= 0.6 is 0 Å². The zero-order valence-corrected chi connectivity index (χ0v) is 7.32. The van der Waals surface area contributed by atoms with Crippen LogP contribution in [0.3, 0.4) is 0 Å². The van der Waals surface area contributed by atoms with Crippen LogP contribution < -0.4 is 0 Å². The summed E-state index contributed by atoms with van der Waals surface area (Å²) in [7, 11) is 0. The zero-order chi connectivity index (χ0) is 11.1. The first-order chi connectivity index (χ1) is 7.04. The number of aldehydes is 1. The average Bonchev–Trinajstić information content (AvgIpc) is 2.58. The molecule has 0 atom stereocenters. The predicted octanol–water partition coefficient (Wildman–Crippen LogP) is 2.17. The molecular formula is C9H5F3N2O. The molecule has 0 N–H and O–H groups in total. The third kappa shape index (κ3) is 1.47. The van der Waals surface area contributed by atoms with E-state index in [0.717, 1.165) is 16.7 Å². The predicted molar refractivity (Wildman–Crippen MR) is 45.6 cm³/mol. The van der Waals surface area contributed by atoms with Gasteiger partial charge in [0.2, 0.25) is 0 Å². The van der Waals surface area contributed by atoms with Crippen molar-refractivity contribution in [3.63, 3.8) is 0 Å². The van der Waals surface area contributed by atoms with Crippen LogP contribution in [0.2, 0.25) is 0 Å². The Kier molecular flexibility index (Phi) is 1.99. The van der Waals surface area contributed by atoms with Crippen molar-refractivity contribution in [3.05, 3.63) is 35.8 Å². The Balaban J connectivity index is 2.84. The van der Waals surface area contributed by atoms with E-state index in [4.69, 9.17) is 0 Å². The van der Waals surface area contributed by atoms with E-state index in [2.05, 4.69) is 4.98 Å². The van der Waals surface area contributed by atoms with E-state index in [0.29, 0.717) is 6.29 Å². The molecule has 3 nitrogen and oxygen atoms in total. The molecule has 0 aliphatic rings. The number of carbonyl (C=O) groups excluding carboxylic acids is 1. The van der Waals surface area contributed by atoms with Crippen molar-refractivity contribution in [2.45, 2.75) is 6.18 Å². The number of fused-ring (bicyclic) bond motifs is 1. The van der Waals surface area contributed by atoms with Crippen LogP contribution in [0.5, 0.6) is 0 Å². The first kappa shape index (κ1) is 9.70. The molecule has 0 saturated carbocycles. The Labute approximate surface area is 82.2 Å². The highest BCUT2D eigenvalue weighted by atomic mass is 19.4. The lowest BCUT2D eigenvalue weighted by Crippen LogP contribution is -2.12. The Bertz CT molecular complexity index is 516. The maximum atomic E-state index is 12.5. The van der Waals surface area contributed by atoms with Gasteiger partial charge in [-0.05, 0) is 12.1 Å². The van der Waals surface area contributed by atoms with Crippen LogP contribution in [0.15, 0.2) is 24.4 Å². The molecule has 0 aliphatic carbocycles. The van der Waals surface area contributed by atoms with Crippen LogP contribution in [0.25, 0.3) is 5.65 Å². The van der Waals surface area contributed by atoms with Gasteiger partial charge in [0.15, 0.2) is 6.29 Å². The van der Waals surface area contributed by atoms with E-state index in [-0.39, 0.29) is 11.3 Å². The van der Waals surface area contributed by atoms with Gasteiger partial charge in [-0.3, -0.25) is 9.20 Å². The smallest absolute Gasteiger partial charge is 0.296 e. The fourth-order valence-corrected chi connectivity index (χ4v) is 1.36. The molecule has 2 aromatic rings. The molecular weight excluding hydrogens is 209 g/mol. The van der Waals surface area contributed by atoms with Crippen LogP contribution in [-0.2, 0) is 6.18 Å². The van der Waals surface area contributed by atoms with Crippen molar-refractivity contribution in [2.24, 2.45) is 0 Å². The number of hydrogen-bond acceptors (Lipinski definition) is 2. The highest BCUT2D eigenvalue weighted by Gasteiger charge is 2.33. The number of nitrogens with zero attached hydrogens (tertiary/aromatic N) is 2. The molecule has 0 saturated heterocycles. The first-order valence-corrected chi connectivity index (χ1v) is 4.03. The number of pyridine rings is 1. The lowest BCUT2D eigenvalue weighted by Gasteiger charge is -2.09. The van der Waals surface area contributed by atoms with Crippen LogP contribution in [0, 0.1) is 0 Å². The molecule has 0 aromatic carbocycles. The molecule has 15 heavy (non-hydrogen) atoms. The van der Waals surface area contributed by atoms with Crippen LogP contribution in [0.1, 0.15) is 16.2 Å². The largest absolute Gasteiger partial charge is 0.431 e. The van der Waals surface area contributed by atoms with Crippen molar-refractivity contribution >= 4 is 11.9 Å².